The Bertz CT molecular complexity index is 1100. The molecule has 1 saturated heterocycles. The number of imide groups is 1. The highest BCUT2D eigenvalue weighted by molar-refractivity contribution is 6.24. The highest BCUT2D eigenvalue weighted by Crippen LogP contribution is 2.56. The van der Waals surface area contributed by atoms with E-state index in [-0.39, 0.29) is 52.5 Å². The Balaban J connectivity index is 1.35. The first-order chi connectivity index (χ1) is 15.5. The summed E-state index contributed by atoms with van der Waals surface area (Å²) < 4.78 is 10.4. The molecule has 2 aromatic carbocycles. The van der Waals surface area contributed by atoms with Crippen molar-refractivity contribution >= 4 is 29.3 Å². The monoisotopic (exact) mass is 433 g/mol. The SMILES string of the molecule is COc1cccc(C(=O)COC(=O)c2ccccc2N2C(=O)[C@@H]3[C@H]4CC[C@@H](C4)[C@@H]3C2=O)c1. The molecule has 3 aliphatic rings. The molecule has 2 amide bonds. The van der Waals surface area contributed by atoms with E-state index in [1.807, 2.05) is 0 Å². The number of amides is 2. The number of hydrogen-bond donors (Lipinski definition) is 0. The number of ether oxygens (including phenoxy) is 2. The molecule has 32 heavy (non-hydrogen) atoms. The zero-order valence-corrected chi connectivity index (χ0v) is 17.7. The molecule has 2 saturated carbocycles. The second-order valence-electron chi connectivity index (χ2n) is 8.65. The molecule has 2 bridgehead atoms. The quantitative estimate of drug-likeness (QED) is 0.395. The minimum absolute atomic E-state index is 0.0972. The lowest BCUT2D eigenvalue weighted by atomic mass is 9.81. The first-order valence-corrected chi connectivity index (χ1v) is 10.8. The number of para-hydroxylation sites is 1. The van der Waals surface area contributed by atoms with E-state index in [4.69, 9.17) is 9.47 Å². The number of carbonyl (C=O) groups excluding carboxylic acids is 4. The number of benzene rings is 2. The van der Waals surface area contributed by atoms with Gasteiger partial charge in [0.15, 0.2) is 12.4 Å². The van der Waals surface area contributed by atoms with Crippen LogP contribution in [0.15, 0.2) is 48.5 Å². The topological polar surface area (TPSA) is 90.0 Å². The minimum atomic E-state index is -0.752. The summed E-state index contributed by atoms with van der Waals surface area (Å²) in [7, 11) is 1.50. The average molecular weight is 433 g/mol. The van der Waals surface area contributed by atoms with E-state index >= 15 is 0 Å². The fraction of sp³-hybridized carbons (Fsp3) is 0.360. The van der Waals surface area contributed by atoms with Crippen molar-refractivity contribution in [2.75, 3.05) is 18.6 Å². The highest BCUT2D eigenvalue weighted by Gasteiger charge is 2.61. The molecule has 7 nitrogen and oxygen atoms in total. The smallest absolute Gasteiger partial charge is 0.340 e. The van der Waals surface area contributed by atoms with Crippen molar-refractivity contribution in [3.8, 4) is 5.75 Å². The molecule has 5 rings (SSSR count). The van der Waals surface area contributed by atoms with Crippen molar-refractivity contribution in [3.63, 3.8) is 0 Å². The standard InChI is InChI=1S/C25H23NO6/c1-31-17-6-4-5-14(12-17)20(27)13-32-25(30)18-7-2-3-8-19(18)26-23(28)21-15-9-10-16(11-15)22(21)24(26)29/h2-8,12,15-16,21-22H,9-11,13H2,1H3/t15-,16-,21-,22+/m0/s1. The predicted octanol–water partition coefficient (Wildman–Crippen LogP) is 3.27. The van der Waals surface area contributed by atoms with E-state index in [9.17, 15) is 19.2 Å². The Morgan fingerprint density at radius 2 is 1.66 bits per heavy atom. The molecular formula is C25H23NO6. The van der Waals surface area contributed by atoms with Crippen LogP contribution in [0, 0.1) is 23.7 Å². The van der Waals surface area contributed by atoms with Gasteiger partial charge in [-0.3, -0.25) is 14.4 Å². The second-order valence-corrected chi connectivity index (χ2v) is 8.65. The van der Waals surface area contributed by atoms with Crippen LogP contribution in [-0.4, -0.2) is 37.3 Å². The van der Waals surface area contributed by atoms with Crippen molar-refractivity contribution in [1.82, 2.24) is 0 Å². The molecule has 0 radical (unpaired) electrons. The van der Waals surface area contributed by atoms with Gasteiger partial charge in [-0.25, -0.2) is 9.69 Å². The van der Waals surface area contributed by atoms with Gasteiger partial charge in [0, 0.05) is 5.56 Å². The number of anilines is 1. The minimum Gasteiger partial charge on any atom is -0.497 e. The van der Waals surface area contributed by atoms with Crippen LogP contribution in [0.2, 0.25) is 0 Å². The lowest BCUT2D eigenvalue weighted by molar-refractivity contribution is -0.123. The summed E-state index contributed by atoms with van der Waals surface area (Å²) in [5.41, 5.74) is 0.689. The number of nitrogens with zero attached hydrogens (tertiary/aromatic N) is 1. The Labute approximate surface area is 185 Å². The van der Waals surface area contributed by atoms with Crippen LogP contribution in [0.4, 0.5) is 5.69 Å². The third-order valence-corrected chi connectivity index (χ3v) is 7.02. The summed E-state index contributed by atoms with van der Waals surface area (Å²) in [6.45, 7) is -0.461. The van der Waals surface area contributed by atoms with E-state index in [0.29, 0.717) is 11.3 Å². The van der Waals surface area contributed by atoms with Gasteiger partial charge in [-0.05, 0) is 55.4 Å². The predicted molar refractivity (Wildman–Crippen MR) is 114 cm³/mol. The summed E-state index contributed by atoms with van der Waals surface area (Å²) in [5, 5.41) is 0. The molecule has 7 heteroatoms. The number of rotatable bonds is 6. The number of fused-ring (bicyclic) bond motifs is 5. The summed E-state index contributed by atoms with van der Waals surface area (Å²) in [4.78, 5) is 52.8. The maximum absolute atomic E-state index is 13.2. The molecule has 2 aromatic rings. The van der Waals surface area contributed by atoms with Crippen LogP contribution < -0.4 is 9.64 Å². The number of ketones is 1. The van der Waals surface area contributed by atoms with E-state index in [0.717, 1.165) is 19.3 Å². The third-order valence-electron chi connectivity index (χ3n) is 7.02. The molecule has 3 fully saturated rings. The van der Waals surface area contributed by atoms with E-state index in [2.05, 4.69) is 0 Å². The molecule has 164 valence electrons. The van der Waals surface area contributed by atoms with Crippen LogP contribution in [-0.2, 0) is 14.3 Å². The molecular weight excluding hydrogens is 410 g/mol. The molecule has 1 aliphatic heterocycles. The maximum Gasteiger partial charge on any atom is 0.340 e. The molecule has 1 heterocycles. The Morgan fingerprint density at radius 3 is 2.34 bits per heavy atom. The van der Waals surface area contributed by atoms with Gasteiger partial charge < -0.3 is 9.47 Å². The van der Waals surface area contributed by atoms with Gasteiger partial charge in [0.25, 0.3) is 0 Å². The van der Waals surface area contributed by atoms with Crippen LogP contribution in [0.3, 0.4) is 0 Å². The van der Waals surface area contributed by atoms with Gasteiger partial charge in [0.2, 0.25) is 11.8 Å². The highest BCUT2D eigenvalue weighted by atomic mass is 16.5. The molecule has 0 unspecified atom stereocenters. The Kier molecular flexibility index (Phi) is 5.04. The zero-order chi connectivity index (χ0) is 22.4. The van der Waals surface area contributed by atoms with Crippen molar-refractivity contribution in [1.29, 1.82) is 0 Å². The zero-order valence-electron chi connectivity index (χ0n) is 17.7. The molecule has 4 atom stereocenters. The first-order valence-electron chi connectivity index (χ1n) is 10.8. The van der Waals surface area contributed by atoms with Gasteiger partial charge in [-0.1, -0.05) is 24.3 Å². The number of Topliss-reactive ketones (excluding diaryl/α,β-unsaturated/α-hetero) is 1. The van der Waals surface area contributed by atoms with Crippen molar-refractivity contribution in [3.05, 3.63) is 59.7 Å². The Morgan fingerprint density at radius 1 is 0.969 bits per heavy atom. The third kappa shape index (κ3) is 3.20. The molecule has 2 aliphatic carbocycles. The van der Waals surface area contributed by atoms with Gasteiger partial charge >= 0.3 is 5.97 Å². The molecule has 0 N–H and O–H groups in total. The van der Waals surface area contributed by atoms with Crippen LogP contribution in [0.25, 0.3) is 0 Å². The van der Waals surface area contributed by atoms with Crippen molar-refractivity contribution in [2.45, 2.75) is 19.3 Å². The van der Waals surface area contributed by atoms with E-state index in [1.54, 1.807) is 42.5 Å². The van der Waals surface area contributed by atoms with Crippen LogP contribution in [0.5, 0.6) is 5.75 Å². The fourth-order valence-corrected chi connectivity index (χ4v) is 5.58. The van der Waals surface area contributed by atoms with Crippen LogP contribution in [0.1, 0.15) is 40.0 Å². The van der Waals surface area contributed by atoms with Gasteiger partial charge in [-0.15, -0.1) is 0 Å². The maximum atomic E-state index is 13.2. The summed E-state index contributed by atoms with van der Waals surface area (Å²) >= 11 is 0. The lowest BCUT2D eigenvalue weighted by Gasteiger charge is -2.19. The lowest BCUT2D eigenvalue weighted by Crippen LogP contribution is -2.34. The molecule has 0 aromatic heterocycles. The molecule has 0 spiro atoms. The first kappa shape index (κ1) is 20.4. The second kappa shape index (κ2) is 7.89. The van der Waals surface area contributed by atoms with Crippen LogP contribution >= 0.6 is 0 Å². The van der Waals surface area contributed by atoms with E-state index < -0.39 is 12.6 Å². The van der Waals surface area contributed by atoms with Gasteiger partial charge in [0.1, 0.15) is 5.75 Å². The number of carbonyl (C=O) groups is 4. The fourth-order valence-electron chi connectivity index (χ4n) is 5.58. The number of methoxy groups -OCH3 is 1. The van der Waals surface area contributed by atoms with Crippen molar-refractivity contribution in [2.24, 2.45) is 23.7 Å². The largest absolute Gasteiger partial charge is 0.497 e. The van der Waals surface area contributed by atoms with Gasteiger partial charge in [0.05, 0.1) is 30.2 Å². The summed E-state index contributed by atoms with van der Waals surface area (Å²) in [6, 6.07) is 13.0. The summed E-state index contributed by atoms with van der Waals surface area (Å²) in [5.74, 6) is -1.10. The Hall–Kier alpha value is -3.48. The number of esters is 1. The normalized spacial score (nSPS) is 25.7. The van der Waals surface area contributed by atoms with Gasteiger partial charge in [-0.2, -0.15) is 0 Å². The summed E-state index contributed by atoms with van der Waals surface area (Å²) in [6.07, 6.45) is 2.90. The van der Waals surface area contributed by atoms with Crippen molar-refractivity contribution < 1.29 is 28.7 Å². The average Bonchev–Trinajstić information content (AvgIpc) is 3.51. The van der Waals surface area contributed by atoms with E-state index in [1.165, 1.54) is 18.1 Å². The number of hydrogen-bond acceptors (Lipinski definition) is 6.